The van der Waals surface area contributed by atoms with Gasteiger partial charge < -0.3 is 0 Å². The van der Waals surface area contributed by atoms with Gasteiger partial charge in [-0.1, -0.05) is 120 Å². The molecule has 0 nitrogen and oxygen atoms in total. The first kappa shape index (κ1) is 23.1. The highest BCUT2D eigenvalue weighted by atomic mass is 14.3. The number of hydrogen-bond donors (Lipinski definition) is 0. The van der Waals surface area contributed by atoms with Crippen molar-refractivity contribution in [2.75, 3.05) is 0 Å². The summed E-state index contributed by atoms with van der Waals surface area (Å²) in [6.07, 6.45) is 0. The summed E-state index contributed by atoms with van der Waals surface area (Å²) in [7, 11) is 0. The molecule has 0 aliphatic heterocycles. The van der Waals surface area contributed by atoms with Crippen molar-refractivity contribution in [1.29, 1.82) is 0 Å². The largest absolute Gasteiger partial charge is 0.0622 e. The third-order valence-electron chi connectivity index (χ3n) is 6.55. The molecule has 0 amide bonds. The average Bonchev–Trinajstić information content (AvgIpc) is 2.79. The zero-order valence-corrected chi connectivity index (χ0v) is 21.2. The maximum Gasteiger partial charge on any atom is -0.0109 e. The molecular formula is C33H36. The molecule has 0 fully saturated rings. The van der Waals surface area contributed by atoms with E-state index in [0.29, 0.717) is 0 Å². The van der Waals surface area contributed by atoms with Gasteiger partial charge in [0.05, 0.1) is 0 Å². The lowest BCUT2D eigenvalue weighted by Gasteiger charge is -2.31. The summed E-state index contributed by atoms with van der Waals surface area (Å²) in [5.41, 5.74) is 12.0. The first-order valence-electron chi connectivity index (χ1n) is 12.0. The van der Waals surface area contributed by atoms with E-state index in [1.54, 1.807) is 0 Å². The maximum atomic E-state index is 2.41. The molecule has 33 heavy (non-hydrogen) atoms. The van der Waals surface area contributed by atoms with Crippen LogP contribution in [0.4, 0.5) is 0 Å². The Balaban J connectivity index is 2.12. The molecule has 168 valence electrons. The molecule has 0 heteroatoms. The number of rotatable bonds is 3. The van der Waals surface area contributed by atoms with Gasteiger partial charge in [0.1, 0.15) is 0 Å². The SMILES string of the molecule is Cc1c(-c2ccccc2)cc(-c2c(C(C)(C)C)cccc2C(C)(C)C)cc1-c1ccccc1. The van der Waals surface area contributed by atoms with Crippen LogP contribution in [0.15, 0.2) is 91.0 Å². The monoisotopic (exact) mass is 432 g/mol. The minimum absolute atomic E-state index is 0.0430. The Kier molecular flexibility index (Phi) is 6.06. The Bertz CT molecular complexity index is 1150. The van der Waals surface area contributed by atoms with Crippen LogP contribution < -0.4 is 0 Å². The van der Waals surface area contributed by atoms with Gasteiger partial charge in [-0.2, -0.15) is 0 Å². The van der Waals surface area contributed by atoms with E-state index >= 15 is 0 Å². The van der Waals surface area contributed by atoms with Gasteiger partial charge in [-0.05, 0) is 80.0 Å². The molecule has 4 aromatic carbocycles. The third-order valence-corrected chi connectivity index (χ3v) is 6.55. The fourth-order valence-corrected chi connectivity index (χ4v) is 4.81. The van der Waals surface area contributed by atoms with E-state index < -0.39 is 0 Å². The molecule has 0 atom stereocenters. The Labute approximate surface area is 200 Å². The smallest absolute Gasteiger partial charge is 0.0109 e. The fraction of sp³-hybridized carbons (Fsp3) is 0.273. The highest BCUT2D eigenvalue weighted by Crippen LogP contribution is 2.44. The van der Waals surface area contributed by atoms with Crippen LogP contribution >= 0.6 is 0 Å². The van der Waals surface area contributed by atoms with Crippen LogP contribution in [0, 0.1) is 6.92 Å². The summed E-state index contributed by atoms with van der Waals surface area (Å²) in [5.74, 6) is 0. The fourth-order valence-electron chi connectivity index (χ4n) is 4.81. The molecule has 0 heterocycles. The van der Waals surface area contributed by atoms with Crippen LogP contribution in [-0.4, -0.2) is 0 Å². The molecule has 0 saturated heterocycles. The standard InChI is InChI=1S/C33H36/c1-23-27(24-15-10-8-11-16-24)21-26(22-28(23)25-17-12-9-13-18-25)31-29(32(2,3)4)19-14-20-30(31)33(5,6)7/h8-22H,1-7H3. The van der Waals surface area contributed by atoms with E-state index in [1.807, 2.05) is 0 Å². The van der Waals surface area contributed by atoms with Gasteiger partial charge in [-0.3, -0.25) is 0 Å². The van der Waals surface area contributed by atoms with Crippen molar-refractivity contribution in [2.24, 2.45) is 0 Å². The van der Waals surface area contributed by atoms with Crippen LogP contribution in [0.25, 0.3) is 33.4 Å². The summed E-state index contributed by atoms with van der Waals surface area (Å²) in [5, 5.41) is 0. The molecule has 0 aliphatic carbocycles. The summed E-state index contributed by atoms with van der Waals surface area (Å²) < 4.78 is 0. The molecule has 0 N–H and O–H groups in total. The summed E-state index contributed by atoms with van der Waals surface area (Å²) in [4.78, 5) is 0. The van der Waals surface area contributed by atoms with Gasteiger partial charge in [0.2, 0.25) is 0 Å². The minimum atomic E-state index is 0.0430. The molecule has 0 aromatic heterocycles. The highest BCUT2D eigenvalue weighted by Gasteiger charge is 2.27. The van der Waals surface area contributed by atoms with Crippen molar-refractivity contribution >= 4 is 0 Å². The Morgan fingerprint density at radius 2 is 0.848 bits per heavy atom. The lowest BCUT2D eigenvalue weighted by atomic mass is 9.73. The Morgan fingerprint density at radius 1 is 0.455 bits per heavy atom. The van der Waals surface area contributed by atoms with Crippen LogP contribution in [0.2, 0.25) is 0 Å². The van der Waals surface area contributed by atoms with Crippen LogP contribution in [0.3, 0.4) is 0 Å². The topological polar surface area (TPSA) is 0 Å². The first-order chi connectivity index (χ1) is 15.6. The number of hydrogen-bond acceptors (Lipinski definition) is 0. The second-order valence-electron chi connectivity index (χ2n) is 11.2. The van der Waals surface area contributed by atoms with E-state index in [2.05, 4.69) is 139 Å². The normalized spacial score (nSPS) is 12.1. The van der Waals surface area contributed by atoms with Gasteiger partial charge in [0, 0.05) is 0 Å². The Morgan fingerprint density at radius 3 is 1.21 bits per heavy atom. The lowest BCUT2D eigenvalue weighted by molar-refractivity contribution is 0.572. The van der Waals surface area contributed by atoms with E-state index in [4.69, 9.17) is 0 Å². The third kappa shape index (κ3) is 4.67. The van der Waals surface area contributed by atoms with Crippen molar-refractivity contribution in [3.63, 3.8) is 0 Å². The summed E-state index contributed by atoms with van der Waals surface area (Å²) >= 11 is 0. The highest BCUT2D eigenvalue weighted by molar-refractivity contribution is 5.87. The molecule has 4 aromatic rings. The summed E-state index contributed by atoms with van der Waals surface area (Å²) in [6.45, 7) is 16.2. The van der Waals surface area contributed by atoms with Gasteiger partial charge in [-0.25, -0.2) is 0 Å². The second kappa shape index (κ2) is 8.67. The van der Waals surface area contributed by atoms with Crippen molar-refractivity contribution < 1.29 is 0 Å². The lowest BCUT2D eigenvalue weighted by Crippen LogP contribution is -2.19. The van der Waals surface area contributed by atoms with Crippen molar-refractivity contribution in [1.82, 2.24) is 0 Å². The number of benzene rings is 4. The molecule has 0 bridgehead atoms. The van der Waals surface area contributed by atoms with E-state index in [1.165, 1.54) is 50.1 Å². The van der Waals surface area contributed by atoms with Crippen molar-refractivity contribution in [2.45, 2.75) is 59.3 Å². The molecule has 0 saturated carbocycles. The molecule has 0 unspecified atom stereocenters. The zero-order chi connectivity index (χ0) is 23.8. The first-order valence-corrected chi connectivity index (χ1v) is 12.0. The van der Waals surface area contributed by atoms with Gasteiger partial charge >= 0.3 is 0 Å². The van der Waals surface area contributed by atoms with Crippen LogP contribution in [0.1, 0.15) is 58.2 Å². The van der Waals surface area contributed by atoms with E-state index in [9.17, 15) is 0 Å². The minimum Gasteiger partial charge on any atom is -0.0622 e. The molecular weight excluding hydrogens is 396 g/mol. The molecule has 0 spiro atoms. The van der Waals surface area contributed by atoms with Gasteiger partial charge in [-0.15, -0.1) is 0 Å². The van der Waals surface area contributed by atoms with Crippen molar-refractivity contribution in [3.05, 3.63) is 108 Å². The zero-order valence-electron chi connectivity index (χ0n) is 21.2. The molecule has 0 radical (unpaired) electrons. The van der Waals surface area contributed by atoms with Gasteiger partial charge in [0.25, 0.3) is 0 Å². The maximum absolute atomic E-state index is 2.41. The van der Waals surface area contributed by atoms with Crippen LogP contribution in [-0.2, 0) is 10.8 Å². The quantitative estimate of drug-likeness (QED) is 0.302. The van der Waals surface area contributed by atoms with E-state index in [0.717, 1.165) is 0 Å². The predicted octanol–water partition coefficient (Wildman–Crippen LogP) is 9.59. The van der Waals surface area contributed by atoms with E-state index in [-0.39, 0.29) is 10.8 Å². The second-order valence-corrected chi connectivity index (χ2v) is 11.2. The van der Waals surface area contributed by atoms with Crippen LogP contribution in [0.5, 0.6) is 0 Å². The molecule has 4 rings (SSSR count). The molecule has 0 aliphatic rings. The van der Waals surface area contributed by atoms with Gasteiger partial charge in [0.15, 0.2) is 0 Å². The Hall–Kier alpha value is -3.12. The average molecular weight is 433 g/mol. The predicted molar refractivity (Wildman–Crippen MR) is 145 cm³/mol. The summed E-state index contributed by atoms with van der Waals surface area (Å²) in [6, 6.07) is 33.3. The van der Waals surface area contributed by atoms with Crippen molar-refractivity contribution in [3.8, 4) is 33.4 Å².